The Kier molecular flexibility index (Phi) is 5.92. The van der Waals surface area contributed by atoms with Crippen molar-refractivity contribution in [2.45, 2.75) is 63.6 Å². The maximum Gasteiger partial charge on any atom is 0.0594 e. The third-order valence-electron chi connectivity index (χ3n) is 5.57. The smallest absolute Gasteiger partial charge is 0.0594 e. The fourth-order valence-electron chi connectivity index (χ4n) is 4.51. The average molecular weight is 295 g/mol. The van der Waals surface area contributed by atoms with Crippen LogP contribution >= 0.6 is 0 Å². The van der Waals surface area contributed by atoms with Crippen molar-refractivity contribution in [2.75, 3.05) is 39.4 Å². The minimum Gasteiger partial charge on any atom is -0.379 e. The van der Waals surface area contributed by atoms with Crippen LogP contribution in [0, 0.1) is 5.92 Å². The fourth-order valence-corrected chi connectivity index (χ4v) is 4.51. The molecule has 2 saturated heterocycles. The number of piperidine rings is 1. The Morgan fingerprint density at radius 3 is 2.76 bits per heavy atom. The first-order chi connectivity index (χ1) is 10.3. The number of morpholine rings is 1. The Labute approximate surface area is 130 Å². The molecule has 2 aliphatic heterocycles. The van der Waals surface area contributed by atoms with Gasteiger partial charge in [-0.25, -0.2) is 0 Å². The second-order valence-corrected chi connectivity index (χ2v) is 7.24. The summed E-state index contributed by atoms with van der Waals surface area (Å²) in [6.07, 6.45) is 8.38. The Morgan fingerprint density at radius 1 is 1.14 bits per heavy atom. The molecule has 2 heterocycles. The van der Waals surface area contributed by atoms with Crippen molar-refractivity contribution >= 4 is 0 Å². The molecule has 3 aliphatic rings. The molecule has 4 atom stereocenters. The SMILES string of the molecule is CC(CN1CCOCC1)NC1CCCC1C1CCCCN1. The molecule has 0 aromatic carbocycles. The molecule has 3 fully saturated rings. The Bertz CT molecular complexity index is 300. The van der Waals surface area contributed by atoms with Gasteiger partial charge < -0.3 is 15.4 Å². The van der Waals surface area contributed by atoms with Crippen molar-refractivity contribution < 1.29 is 4.74 Å². The third kappa shape index (κ3) is 4.41. The second-order valence-electron chi connectivity index (χ2n) is 7.24. The van der Waals surface area contributed by atoms with Crippen molar-refractivity contribution in [3.63, 3.8) is 0 Å². The van der Waals surface area contributed by atoms with Gasteiger partial charge in [0.2, 0.25) is 0 Å². The number of rotatable bonds is 5. The van der Waals surface area contributed by atoms with E-state index in [4.69, 9.17) is 4.74 Å². The number of hydrogen-bond donors (Lipinski definition) is 2. The van der Waals surface area contributed by atoms with Gasteiger partial charge in [0.05, 0.1) is 13.2 Å². The summed E-state index contributed by atoms with van der Waals surface area (Å²) in [6.45, 7) is 8.78. The monoisotopic (exact) mass is 295 g/mol. The van der Waals surface area contributed by atoms with Gasteiger partial charge in [-0.1, -0.05) is 12.8 Å². The van der Waals surface area contributed by atoms with E-state index in [1.54, 1.807) is 0 Å². The number of nitrogens with one attached hydrogen (secondary N) is 2. The van der Waals surface area contributed by atoms with Gasteiger partial charge in [0.25, 0.3) is 0 Å². The van der Waals surface area contributed by atoms with E-state index in [-0.39, 0.29) is 0 Å². The summed E-state index contributed by atoms with van der Waals surface area (Å²) >= 11 is 0. The van der Waals surface area contributed by atoms with Crippen LogP contribution in [0.1, 0.15) is 45.4 Å². The van der Waals surface area contributed by atoms with Gasteiger partial charge in [0.1, 0.15) is 0 Å². The van der Waals surface area contributed by atoms with E-state index >= 15 is 0 Å². The molecule has 0 aromatic heterocycles. The Morgan fingerprint density at radius 2 is 2.00 bits per heavy atom. The predicted molar refractivity (Wildman–Crippen MR) is 86.6 cm³/mol. The fraction of sp³-hybridized carbons (Fsp3) is 1.00. The molecular weight excluding hydrogens is 262 g/mol. The van der Waals surface area contributed by atoms with E-state index in [1.807, 2.05) is 0 Å². The van der Waals surface area contributed by atoms with Gasteiger partial charge >= 0.3 is 0 Å². The molecule has 4 heteroatoms. The van der Waals surface area contributed by atoms with Crippen molar-refractivity contribution in [2.24, 2.45) is 5.92 Å². The minimum atomic E-state index is 0.595. The zero-order valence-corrected chi connectivity index (χ0v) is 13.7. The van der Waals surface area contributed by atoms with Crippen LogP contribution in [0.5, 0.6) is 0 Å². The molecule has 4 unspecified atom stereocenters. The zero-order valence-electron chi connectivity index (χ0n) is 13.7. The summed E-state index contributed by atoms with van der Waals surface area (Å²) in [5.74, 6) is 0.859. The van der Waals surface area contributed by atoms with Crippen LogP contribution in [0.25, 0.3) is 0 Å². The highest BCUT2D eigenvalue weighted by Crippen LogP contribution is 2.32. The predicted octanol–water partition coefficient (Wildman–Crippen LogP) is 1.61. The van der Waals surface area contributed by atoms with Gasteiger partial charge in [-0.2, -0.15) is 0 Å². The van der Waals surface area contributed by atoms with Crippen molar-refractivity contribution in [3.05, 3.63) is 0 Å². The van der Waals surface area contributed by atoms with Crippen LogP contribution in [0.15, 0.2) is 0 Å². The maximum atomic E-state index is 5.44. The van der Waals surface area contributed by atoms with Crippen molar-refractivity contribution in [1.82, 2.24) is 15.5 Å². The maximum absolute atomic E-state index is 5.44. The summed E-state index contributed by atoms with van der Waals surface area (Å²) in [5, 5.41) is 7.73. The quantitative estimate of drug-likeness (QED) is 0.808. The highest BCUT2D eigenvalue weighted by atomic mass is 16.5. The molecule has 21 heavy (non-hydrogen) atoms. The standard InChI is InChI=1S/C17H33N3O/c1-14(13-20-9-11-21-12-10-20)19-17-7-4-5-15(17)16-6-2-3-8-18-16/h14-19H,2-13H2,1H3. The van der Waals surface area contributed by atoms with Crippen LogP contribution in [0.2, 0.25) is 0 Å². The highest BCUT2D eigenvalue weighted by molar-refractivity contribution is 4.93. The summed E-state index contributed by atoms with van der Waals surface area (Å²) in [7, 11) is 0. The van der Waals surface area contributed by atoms with Crippen LogP contribution in [-0.2, 0) is 4.74 Å². The average Bonchev–Trinajstić information content (AvgIpc) is 2.97. The van der Waals surface area contributed by atoms with E-state index in [1.165, 1.54) is 51.6 Å². The topological polar surface area (TPSA) is 36.5 Å². The first-order valence-electron chi connectivity index (χ1n) is 9.12. The van der Waals surface area contributed by atoms with Gasteiger partial charge in [0.15, 0.2) is 0 Å². The van der Waals surface area contributed by atoms with Crippen molar-refractivity contribution in [1.29, 1.82) is 0 Å². The molecule has 4 nitrogen and oxygen atoms in total. The molecule has 0 spiro atoms. The molecule has 0 amide bonds. The van der Waals surface area contributed by atoms with Gasteiger partial charge in [-0.3, -0.25) is 4.90 Å². The lowest BCUT2D eigenvalue weighted by molar-refractivity contribution is 0.0334. The number of ether oxygens (including phenoxy) is 1. The summed E-state index contributed by atoms with van der Waals surface area (Å²) in [4.78, 5) is 2.55. The molecule has 122 valence electrons. The van der Waals surface area contributed by atoms with Crippen LogP contribution in [-0.4, -0.2) is 62.4 Å². The Balaban J connectivity index is 1.45. The molecule has 2 N–H and O–H groups in total. The van der Waals surface area contributed by atoms with E-state index in [0.29, 0.717) is 6.04 Å². The van der Waals surface area contributed by atoms with E-state index in [0.717, 1.165) is 44.3 Å². The summed E-state index contributed by atoms with van der Waals surface area (Å²) < 4.78 is 5.44. The molecular formula is C17H33N3O. The molecule has 1 aliphatic carbocycles. The molecule has 0 radical (unpaired) electrons. The lowest BCUT2D eigenvalue weighted by atomic mass is 9.88. The minimum absolute atomic E-state index is 0.595. The molecule has 3 rings (SSSR count). The summed E-state index contributed by atoms with van der Waals surface area (Å²) in [6, 6.07) is 2.10. The lowest BCUT2D eigenvalue weighted by Crippen LogP contribution is -2.51. The van der Waals surface area contributed by atoms with Crippen LogP contribution in [0.3, 0.4) is 0 Å². The largest absolute Gasteiger partial charge is 0.379 e. The third-order valence-corrected chi connectivity index (χ3v) is 5.57. The number of nitrogens with zero attached hydrogens (tertiary/aromatic N) is 1. The van der Waals surface area contributed by atoms with Crippen LogP contribution < -0.4 is 10.6 Å². The summed E-state index contributed by atoms with van der Waals surface area (Å²) in [5.41, 5.74) is 0. The zero-order chi connectivity index (χ0) is 14.5. The van der Waals surface area contributed by atoms with E-state index in [2.05, 4.69) is 22.5 Å². The van der Waals surface area contributed by atoms with Gasteiger partial charge in [-0.15, -0.1) is 0 Å². The second kappa shape index (κ2) is 7.91. The molecule has 0 aromatic rings. The van der Waals surface area contributed by atoms with Crippen molar-refractivity contribution in [3.8, 4) is 0 Å². The van der Waals surface area contributed by atoms with E-state index in [9.17, 15) is 0 Å². The number of hydrogen-bond acceptors (Lipinski definition) is 4. The van der Waals surface area contributed by atoms with Gasteiger partial charge in [-0.05, 0) is 45.1 Å². The van der Waals surface area contributed by atoms with Gasteiger partial charge in [0, 0.05) is 37.8 Å². The first kappa shape index (κ1) is 15.7. The van der Waals surface area contributed by atoms with Crippen LogP contribution in [0.4, 0.5) is 0 Å². The normalized spacial score (nSPS) is 36.7. The van der Waals surface area contributed by atoms with E-state index < -0.39 is 0 Å². The lowest BCUT2D eigenvalue weighted by Gasteiger charge is -2.36. The Hall–Kier alpha value is -0.160. The highest BCUT2D eigenvalue weighted by Gasteiger charge is 2.34. The molecule has 1 saturated carbocycles. The first-order valence-corrected chi connectivity index (χ1v) is 9.12. The molecule has 0 bridgehead atoms.